The van der Waals surface area contributed by atoms with Gasteiger partial charge in [-0.1, -0.05) is 32.0 Å². The second-order valence-electron chi connectivity index (χ2n) is 7.09. The van der Waals surface area contributed by atoms with Crippen LogP contribution in [0.4, 0.5) is 0 Å². The molecule has 0 bridgehead atoms. The first-order chi connectivity index (χ1) is 13.5. The molecule has 144 valence electrons. The first kappa shape index (κ1) is 19.5. The number of aromatic nitrogens is 2. The second-order valence-corrected chi connectivity index (χ2v) is 7.09. The predicted octanol–water partition coefficient (Wildman–Crippen LogP) is 5.07. The Morgan fingerprint density at radius 3 is 2.68 bits per heavy atom. The van der Waals surface area contributed by atoms with Crippen LogP contribution in [0.2, 0.25) is 0 Å². The topological polar surface area (TPSA) is 60.1 Å². The highest BCUT2D eigenvalue weighted by molar-refractivity contribution is 5.91. The summed E-state index contributed by atoms with van der Waals surface area (Å²) in [6.45, 7) is 4.98. The van der Waals surface area contributed by atoms with E-state index in [0.717, 1.165) is 23.0 Å². The maximum atomic E-state index is 9.71. The highest BCUT2D eigenvalue weighted by atomic mass is 16.5. The van der Waals surface area contributed by atoms with Crippen LogP contribution in [0.25, 0.3) is 22.7 Å². The molecule has 2 aromatic carbocycles. The quantitative estimate of drug-likeness (QED) is 0.541. The van der Waals surface area contributed by atoms with Crippen molar-refractivity contribution in [3.05, 3.63) is 53.9 Å². The highest BCUT2D eigenvalue weighted by Crippen LogP contribution is 2.30. The Hall–Kier alpha value is -3.26. The van der Waals surface area contributed by atoms with Gasteiger partial charge < -0.3 is 14.0 Å². The molecule has 28 heavy (non-hydrogen) atoms. The maximum absolute atomic E-state index is 9.71. The van der Waals surface area contributed by atoms with Crippen LogP contribution >= 0.6 is 0 Å². The van der Waals surface area contributed by atoms with Crippen molar-refractivity contribution in [1.82, 2.24) is 9.55 Å². The van der Waals surface area contributed by atoms with Gasteiger partial charge in [-0.15, -0.1) is 0 Å². The number of aryl methyl sites for hydroxylation is 1. The van der Waals surface area contributed by atoms with Gasteiger partial charge in [0.1, 0.15) is 6.07 Å². The fourth-order valence-electron chi connectivity index (χ4n) is 3.00. The van der Waals surface area contributed by atoms with Gasteiger partial charge in [-0.05, 0) is 48.2 Å². The molecule has 0 N–H and O–H groups in total. The summed E-state index contributed by atoms with van der Waals surface area (Å²) in [5.41, 5.74) is 3.21. The first-order valence-electron chi connectivity index (χ1n) is 9.38. The molecule has 0 unspecified atom stereocenters. The van der Waals surface area contributed by atoms with Crippen LogP contribution in [0.1, 0.15) is 31.7 Å². The molecule has 0 amide bonds. The van der Waals surface area contributed by atoms with Crippen LogP contribution in [-0.4, -0.2) is 23.3 Å². The number of imidazole rings is 1. The number of rotatable bonds is 7. The lowest BCUT2D eigenvalue weighted by Crippen LogP contribution is -2.02. The third-order valence-electron chi connectivity index (χ3n) is 4.60. The second kappa shape index (κ2) is 8.62. The summed E-state index contributed by atoms with van der Waals surface area (Å²) in [7, 11) is 3.54. The van der Waals surface area contributed by atoms with Gasteiger partial charge in [0.15, 0.2) is 17.3 Å². The zero-order valence-electron chi connectivity index (χ0n) is 16.8. The molecule has 0 atom stereocenters. The largest absolute Gasteiger partial charge is 0.493 e. The number of para-hydroxylation sites is 2. The normalized spacial score (nSPS) is 11.6. The average Bonchev–Trinajstić information content (AvgIpc) is 3.03. The molecule has 0 saturated carbocycles. The first-order valence-corrected chi connectivity index (χ1v) is 9.38. The van der Waals surface area contributed by atoms with Crippen molar-refractivity contribution in [1.29, 1.82) is 5.26 Å². The molecule has 1 aromatic heterocycles. The molecule has 5 nitrogen and oxygen atoms in total. The van der Waals surface area contributed by atoms with Gasteiger partial charge in [-0.3, -0.25) is 0 Å². The molecule has 0 radical (unpaired) electrons. The average molecular weight is 375 g/mol. The molecular formula is C23H25N3O2. The molecule has 3 aromatic rings. The highest BCUT2D eigenvalue weighted by Gasteiger charge is 2.13. The van der Waals surface area contributed by atoms with E-state index in [4.69, 9.17) is 9.47 Å². The summed E-state index contributed by atoms with van der Waals surface area (Å²) >= 11 is 0. The van der Waals surface area contributed by atoms with Crippen molar-refractivity contribution >= 4 is 22.7 Å². The van der Waals surface area contributed by atoms with Crippen LogP contribution in [-0.2, 0) is 7.05 Å². The van der Waals surface area contributed by atoms with E-state index < -0.39 is 0 Å². The number of hydrogen-bond donors (Lipinski definition) is 0. The van der Waals surface area contributed by atoms with Crippen molar-refractivity contribution in [2.75, 3.05) is 13.7 Å². The summed E-state index contributed by atoms with van der Waals surface area (Å²) in [5.74, 6) is 2.58. The number of nitrogens with zero attached hydrogens (tertiary/aromatic N) is 3. The summed E-state index contributed by atoms with van der Waals surface area (Å²) in [4.78, 5) is 4.61. The smallest absolute Gasteiger partial charge is 0.161 e. The number of methoxy groups -OCH3 is 1. The monoisotopic (exact) mass is 375 g/mol. The van der Waals surface area contributed by atoms with Crippen molar-refractivity contribution in [3.8, 4) is 17.6 Å². The van der Waals surface area contributed by atoms with Gasteiger partial charge in [-0.2, -0.15) is 5.26 Å². The minimum atomic E-state index is 0.495. The molecule has 0 saturated heterocycles. The van der Waals surface area contributed by atoms with E-state index in [0.29, 0.717) is 35.4 Å². The molecule has 0 aliphatic rings. The van der Waals surface area contributed by atoms with Crippen molar-refractivity contribution in [2.24, 2.45) is 13.0 Å². The fraction of sp³-hybridized carbons (Fsp3) is 0.304. The summed E-state index contributed by atoms with van der Waals surface area (Å²) < 4.78 is 13.3. The van der Waals surface area contributed by atoms with Crippen LogP contribution < -0.4 is 9.47 Å². The Balaban J connectivity index is 1.92. The standard InChI is InChI=1S/C23H25N3O2/c1-16(2)11-12-28-21-10-9-17(14-22(21)27-4)13-18(15-24)23-25-19-7-5-6-8-20(19)26(23)3/h5-10,13-14,16H,11-12H2,1-4H3/b18-13-. The lowest BCUT2D eigenvalue weighted by molar-refractivity contribution is 0.273. The Labute approximate surface area is 165 Å². The van der Waals surface area contributed by atoms with E-state index in [9.17, 15) is 5.26 Å². The number of allylic oxidation sites excluding steroid dienone is 1. The number of nitriles is 1. The molecule has 0 spiro atoms. The summed E-state index contributed by atoms with van der Waals surface area (Å²) in [5, 5.41) is 9.71. The molecule has 5 heteroatoms. The predicted molar refractivity (Wildman–Crippen MR) is 112 cm³/mol. The van der Waals surface area contributed by atoms with Gasteiger partial charge in [-0.25, -0.2) is 4.98 Å². The van der Waals surface area contributed by atoms with Gasteiger partial charge in [0.25, 0.3) is 0 Å². The number of hydrogen-bond acceptors (Lipinski definition) is 4. The molecular weight excluding hydrogens is 350 g/mol. The molecule has 0 fully saturated rings. The summed E-state index contributed by atoms with van der Waals surface area (Å²) in [6, 6.07) is 15.8. The van der Waals surface area contributed by atoms with Gasteiger partial charge >= 0.3 is 0 Å². The van der Waals surface area contributed by atoms with E-state index in [2.05, 4.69) is 24.9 Å². The maximum Gasteiger partial charge on any atom is 0.161 e. The Morgan fingerprint density at radius 2 is 2.00 bits per heavy atom. The van der Waals surface area contributed by atoms with E-state index >= 15 is 0 Å². The number of benzene rings is 2. The number of ether oxygens (including phenoxy) is 2. The minimum absolute atomic E-state index is 0.495. The lowest BCUT2D eigenvalue weighted by Gasteiger charge is -2.12. The molecule has 1 heterocycles. The van der Waals surface area contributed by atoms with E-state index in [1.54, 1.807) is 7.11 Å². The SMILES string of the molecule is COc1cc(/C=C(/C#N)c2nc3ccccc3n2C)ccc1OCCC(C)C. The molecule has 3 rings (SSSR count). The molecule has 0 aliphatic carbocycles. The van der Waals surface area contributed by atoms with Gasteiger partial charge in [0.2, 0.25) is 0 Å². The summed E-state index contributed by atoms with van der Waals surface area (Å²) in [6.07, 6.45) is 2.80. The zero-order chi connectivity index (χ0) is 20.1. The Morgan fingerprint density at radius 1 is 1.21 bits per heavy atom. The Kier molecular flexibility index (Phi) is 6.00. The fourth-order valence-corrected chi connectivity index (χ4v) is 3.00. The zero-order valence-corrected chi connectivity index (χ0v) is 16.8. The molecule has 0 aliphatic heterocycles. The van der Waals surface area contributed by atoms with E-state index in [1.807, 2.05) is 60.2 Å². The van der Waals surface area contributed by atoms with Gasteiger partial charge in [0.05, 0.1) is 30.3 Å². The minimum Gasteiger partial charge on any atom is -0.493 e. The van der Waals surface area contributed by atoms with Crippen molar-refractivity contribution < 1.29 is 9.47 Å². The van der Waals surface area contributed by atoms with Crippen LogP contribution in [0, 0.1) is 17.2 Å². The van der Waals surface area contributed by atoms with Crippen LogP contribution in [0.15, 0.2) is 42.5 Å². The van der Waals surface area contributed by atoms with E-state index in [1.165, 1.54) is 0 Å². The van der Waals surface area contributed by atoms with Crippen molar-refractivity contribution in [3.63, 3.8) is 0 Å². The number of fused-ring (bicyclic) bond motifs is 1. The Bertz CT molecular complexity index is 1040. The van der Waals surface area contributed by atoms with Crippen molar-refractivity contribution in [2.45, 2.75) is 20.3 Å². The van der Waals surface area contributed by atoms with Crippen LogP contribution in [0.3, 0.4) is 0 Å². The van der Waals surface area contributed by atoms with E-state index in [-0.39, 0.29) is 0 Å². The lowest BCUT2D eigenvalue weighted by atomic mass is 10.1. The van der Waals surface area contributed by atoms with Crippen LogP contribution in [0.5, 0.6) is 11.5 Å². The third kappa shape index (κ3) is 4.17. The third-order valence-corrected chi connectivity index (χ3v) is 4.60. The van der Waals surface area contributed by atoms with Gasteiger partial charge in [0, 0.05) is 7.05 Å².